The lowest BCUT2D eigenvalue weighted by atomic mass is 10.2. The van der Waals surface area contributed by atoms with Gasteiger partial charge >= 0.3 is 0 Å². The molecule has 0 unspecified atom stereocenters. The molecular weight excluding hydrogens is 328 g/mol. The van der Waals surface area contributed by atoms with E-state index in [0.717, 1.165) is 41.3 Å². The van der Waals surface area contributed by atoms with Gasteiger partial charge in [0.2, 0.25) is 0 Å². The first kappa shape index (κ1) is 14.3. The lowest BCUT2D eigenvalue weighted by Gasteiger charge is -2.17. The lowest BCUT2D eigenvalue weighted by molar-refractivity contribution is 0.931. The maximum absolute atomic E-state index is 4.48. The lowest BCUT2D eigenvalue weighted by Crippen LogP contribution is -2.19. The van der Waals surface area contributed by atoms with Crippen molar-refractivity contribution >= 4 is 27.6 Å². The highest BCUT2D eigenvalue weighted by Crippen LogP contribution is 2.20. The highest BCUT2D eigenvalue weighted by molar-refractivity contribution is 9.10. The molecule has 0 aliphatic carbocycles. The molecule has 3 rings (SSSR count). The van der Waals surface area contributed by atoms with Crippen LogP contribution in [0.15, 0.2) is 35.1 Å². The summed E-state index contributed by atoms with van der Waals surface area (Å²) in [5.41, 5.74) is 2.37. The molecule has 2 aromatic heterocycles. The van der Waals surface area contributed by atoms with Gasteiger partial charge in [-0.15, -0.1) is 0 Å². The minimum absolute atomic E-state index is 0.763. The second-order valence-corrected chi connectivity index (χ2v) is 6.30. The molecule has 1 saturated heterocycles. The van der Waals surface area contributed by atoms with Gasteiger partial charge in [0.15, 0.2) is 0 Å². The molecule has 1 fully saturated rings. The summed E-state index contributed by atoms with van der Waals surface area (Å²) in [6.07, 6.45) is 6.25. The van der Waals surface area contributed by atoms with Crippen LogP contribution in [0.3, 0.4) is 0 Å². The van der Waals surface area contributed by atoms with Crippen molar-refractivity contribution in [2.45, 2.75) is 26.3 Å². The zero-order valence-electron chi connectivity index (χ0n) is 12.1. The summed E-state index contributed by atoms with van der Waals surface area (Å²) in [4.78, 5) is 11.2. The standard InChI is InChI=1S/C16H19BrN4/c1-12-8-14(17)11-20-16(12)19-10-13-4-5-18-15(9-13)21-6-2-3-7-21/h4-5,8-9,11H,2-3,6-7,10H2,1H3,(H,19,20). The van der Waals surface area contributed by atoms with E-state index in [1.165, 1.54) is 18.4 Å². The molecule has 5 heteroatoms. The minimum Gasteiger partial charge on any atom is -0.366 e. The Morgan fingerprint density at radius 1 is 1.24 bits per heavy atom. The fourth-order valence-electron chi connectivity index (χ4n) is 2.60. The number of rotatable bonds is 4. The van der Waals surface area contributed by atoms with E-state index < -0.39 is 0 Å². The molecule has 0 aromatic carbocycles. The molecule has 1 N–H and O–H groups in total. The first-order valence-corrected chi connectivity index (χ1v) is 8.07. The third-order valence-corrected chi connectivity index (χ3v) is 4.18. The number of halogens is 1. The third kappa shape index (κ3) is 3.53. The van der Waals surface area contributed by atoms with Crippen LogP contribution in [0, 0.1) is 6.92 Å². The number of nitrogens with zero attached hydrogens (tertiary/aromatic N) is 3. The summed E-state index contributed by atoms with van der Waals surface area (Å²) in [7, 11) is 0. The Labute approximate surface area is 133 Å². The normalized spacial score (nSPS) is 14.5. The predicted octanol–water partition coefficient (Wildman–Crippen LogP) is 3.76. The molecule has 0 bridgehead atoms. The van der Waals surface area contributed by atoms with Crippen molar-refractivity contribution in [2.75, 3.05) is 23.3 Å². The predicted molar refractivity (Wildman–Crippen MR) is 89.7 cm³/mol. The first-order chi connectivity index (χ1) is 10.2. The van der Waals surface area contributed by atoms with E-state index in [-0.39, 0.29) is 0 Å². The van der Waals surface area contributed by atoms with E-state index in [4.69, 9.17) is 0 Å². The number of pyridine rings is 2. The molecule has 0 radical (unpaired) electrons. The maximum atomic E-state index is 4.48. The molecule has 21 heavy (non-hydrogen) atoms. The second kappa shape index (κ2) is 6.43. The van der Waals surface area contributed by atoms with Gasteiger partial charge in [0.05, 0.1) is 0 Å². The number of aromatic nitrogens is 2. The number of nitrogens with one attached hydrogen (secondary N) is 1. The van der Waals surface area contributed by atoms with Crippen molar-refractivity contribution in [3.63, 3.8) is 0 Å². The van der Waals surface area contributed by atoms with Gasteiger partial charge < -0.3 is 10.2 Å². The van der Waals surface area contributed by atoms with E-state index >= 15 is 0 Å². The topological polar surface area (TPSA) is 41.1 Å². The van der Waals surface area contributed by atoms with Crippen LogP contribution in [-0.2, 0) is 6.54 Å². The molecule has 1 aliphatic heterocycles. The molecule has 0 atom stereocenters. The summed E-state index contributed by atoms with van der Waals surface area (Å²) in [5.74, 6) is 2.02. The molecule has 1 aliphatic rings. The number of aryl methyl sites for hydroxylation is 1. The largest absolute Gasteiger partial charge is 0.366 e. The zero-order chi connectivity index (χ0) is 14.7. The van der Waals surface area contributed by atoms with Gasteiger partial charge in [-0.1, -0.05) is 0 Å². The van der Waals surface area contributed by atoms with Gasteiger partial charge in [0, 0.05) is 36.5 Å². The molecule has 110 valence electrons. The number of hydrogen-bond acceptors (Lipinski definition) is 4. The molecule has 0 spiro atoms. The molecule has 2 aromatic rings. The van der Waals surface area contributed by atoms with E-state index in [0.29, 0.717) is 0 Å². The Morgan fingerprint density at radius 3 is 2.81 bits per heavy atom. The average Bonchev–Trinajstić information content (AvgIpc) is 3.01. The van der Waals surface area contributed by atoms with Gasteiger partial charge in [-0.3, -0.25) is 0 Å². The van der Waals surface area contributed by atoms with Crippen molar-refractivity contribution < 1.29 is 0 Å². The van der Waals surface area contributed by atoms with Crippen LogP contribution in [0.25, 0.3) is 0 Å². The van der Waals surface area contributed by atoms with Gasteiger partial charge in [-0.25, -0.2) is 9.97 Å². The minimum atomic E-state index is 0.763. The number of anilines is 2. The van der Waals surface area contributed by atoms with Crippen molar-refractivity contribution in [1.29, 1.82) is 0 Å². The quantitative estimate of drug-likeness (QED) is 0.914. The molecule has 0 amide bonds. The van der Waals surface area contributed by atoms with Gasteiger partial charge in [0.25, 0.3) is 0 Å². The van der Waals surface area contributed by atoms with Crippen molar-refractivity contribution in [3.8, 4) is 0 Å². The Hall–Kier alpha value is -1.62. The zero-order valence-corrected chi connectivity index (χ0v) is 13.7. The summed E-state index contributed by atoms with van der Waals surface area (Å²) < 4.78 is 1.01. The SMILES string of the molecule is Cc1cc(Br)cnc1NCc1ccnc(N2CCCC2)c1. The highest BCUT2D eigenvalue weighted by Gasteiger charge is 2.13. The fraction of sp³-hybridized carbons (Fsp3) is 0.375. The first-order valence-electron chi connectivity index (χ1n) is 7.28. The molecule has 4 nitrogen and oxygen atoms in total. The Balaban J connectivity index is 1.68. The maximum Gasteiger partial charge on any atom is 0.129 e. The van der Waals surface area contributed by atoms with Crippen LogP contribution < -0.4 is 10.2 Å². The van der Waals surface area contributed by atoms with Crippen LogP contribution in [0.5, 0.6) is 0 Å². The molecule has 3 heterocycles. The second-order valence-electron chi connectivity index (χ2n) is 5.39. The summed E-state index contributed by atoms with van der Waals surface area (Å²) >= 11 is 3.44. The van der Waals surface area contributed by atoms with E-state index in [1.807, 2.05) is 12.4 Å². The smallest absolute Gasteiger partial charge is 0.129 e. The monoisotopic (exact) mass is 346 g/mol. The van der Waals surface area contributed by atoms with Crippen LogP contribution in [0.1, 0.15) is 24.0 Å². The van der Waals surface area contributed by atoms with Gasteiger partial charge in [0.1, 0.15) is 11.6 Å². The Kier molecular flexibility index (Phi) is 4.39. The average molecular weight is 347 g/mol. The van der Waals surface area contributed by atoms with Crippen LogP contribution in [0.4, 0.5) is 11.6 Å². The van der Waals surface area contributed by atoms with Crippen LogP contribution >= 0.6 is 15.9 Å². The highest BCUT2D eigenvalue weighted by atomic mass is 79.9. The third-order valence-electron chi connectivity index (χ3n) is 3.74. The van der Waals surface area contributed by atoms with E-state index in [1.54, 1.807) is 0 Å². The summed E-state index contributed by atoms with van der Waals surface area (Å²) in [5, 5.41) is 3.40. The Morgan fingerprint density at radius 2 is 2.05 bits per heavy atom. The molecule has 0 saturated carbocycles. The number of hydrogen-bond donors (Lipinski definition) is 1. The van der Waals surface area contributed by atoms with Crippen molar-refractivity contribution in [1.82, 2.24) is 9.97 Å². The van der Waals surface area contributed by atoms with Gasteiger partial charge in [-0.2, -0.15) is 0 Å². The summed E-state index contributed by atoms with van der Waals surface area (Å²) in [6.45, 7) is 5.07. The van der Waals surface area contributed by atoms with Crippen molar-refractivity contribution in [2.24, 2.45) is 0 Å². The fourth-order valence-corrected chi connectivity index (χ4v) is 3.05. The van der Waals surface area contributed by atoms with Crippen molar-refractivity contribution in [3.05, 3.63) is 46.2 Å². The van der Waals surface area contributed by atoms with Crippen LogP contribution in [0.2, 0.25) is 0 Å². The van der Waals surface area contributed by atoms with E-state index in [2.05, 4.69) is 61.2 Å². The molecular formula is C16H19BrN4. The van der Waals surface area contributed by atoms with Gasteiger partial charge in [-0.05, 0) is 65.0 Å². The Bertz CT molecular complexity index is 623. The summed E-state index contributed by atoms with van der Waals surface area (Å²) in [6, 6.07) is 6.30. The van der Waals surface area contributed by atoms with E-state index in [9.17, 15) is 0 Å². The van der Waals surface area contributed by atoms with Crippen LogP contribution in [-0.4, -0.2) is 23.1 Å².